The summed E-state index contributed by atoms with van der Waals surface area (Å²) in [6, 6.07) is 1.61. The molecule has 212 valence electrons. The fraction of sp³-hybridized carbons (Fsp3) is 0.583. The average Bonchev–Trinajstić information content (AvgIpc) is 3.16. The van der Waals surface area contributed by atoms with Crippen LogP contribution in [0.1, 0.15) is 43.6 Å². The molecule has 38 heavy (non-hydrogen) atoms. The largest absolute Gasteiger partial charge is 0.508 e. The fourth-order valence-corrected chi connectivity index (χ4v) is 4.01. The Balaban J connectivity index is 1.95. The predicted molar refractivity (Wildman–Crippen MR) is 125 cm³/mol. The number of carbonyl (C=O) groups excluding carboxylic acids is 1. The van der Waals surface area contributed by atoms with E-state index in [2.05, 4.69) is 9.84 Å². The predicted octanol–water partition coefficient (Wildman–Crippen LogP) is 1.33. The number of benzene rings is 1. The maximum atomic E-state index is 14.7. The minimum absolute atomic E-state index is 0.0145. The van der Waals surface area contributed by atoms with Crippen molar-refractivity contribution >= 4 is 6.16 Å². The van der Waals surface area contributed by atoms with Gasteiger partial charge >= 0.3 is 12.1 Å². The van der Waals surface area contributed by atoms with Crippen molar-refractivity contribution in [3.8, 4) is 11.6 Å². The first kappa shape index (κ1) is 29.5. The summed E-state index contributed by atoms with van der Waals surface area (Å²) in [4.78, 5) is 11.5. The van der Waals surface area contributed by atoms with Gasteiger partial charge in [0.15, 0.2) is 17.7 Å². The molecule has 0 saturated carbocycles. The number of aromatic nitrogens is 2. The summed E-state index contributed by atoms with van der Waals surface area (Å²) in [7, 11) is 1.20. The van der Waals surface area contributed by atoms with Crippen molar-refractivity contribution in [1.82, 2.24) is 9.78 Å². The third-order valence-electron chi connectivity index (χ3n) is 6.03. The summed E-state index contributed by atoms with van der Waals surface area (Å²) in [5.74, 6) is -5.15. The summed E-state index contributed by atoms with van der Waals surface area (Å²) in [5, 5.41) is 46.5. The quantitative estimate of drug-likeness (QED) is 0.265. The summed E-state index contributed by atoms with van der Waals surface area (Å²) in [6.07, 6.45) is -8.86. The number of aliphatic hydroxyl groups excluding tert-OH is 3. The van der Waals surface area contributed by atoms with E-state index in [1.807, 2.05) is 0 Å². The van der Waals surface area contributed by atoms with Crippen LogP contribution in [0, 0.1) is 18.6 Å². The van der Waals surface area contributed by atoms with Crippen molar-refractivity contribution in [1.29, 1.82) is 0 Å². The second-order valence-corrected chi connectivity index (χ2v) is 8.97. The van der Waals surface area contributed by atoms with Crippen molar-refractivity contribution in [2.45, 2.75) is 70.5 Å². The van der Waals surface area contributed by atoms with Gasteiger partial charge in [-0.25, -0.2) is 13.6 Å². The number of carbonyl (C=O) groups is 1. The Bertz CT molecular complexity index is 1140. The molecule has 5 atom stereocenters. The number of aliphatic hydroxyl groups is 4. The van der Waals surface area contributed by atoms with Crippen LogP contribution in [0.4, 0.5) is 13.6 Å². The van der Waals surface area contributed by atoms with Gasteiger partial charge in [-0.15, -0.1) is 5.10 Å². The molecule has 0 spiro atoms. The van der Waals surface area contributed by atoms with E-state index >= 15 is 0 Å². The van der Waals surface area contributed by atoms with Gasteiger partial charge in [0.2, 0.25) is 5.88 Å². The van der Waals surface area contributed by atoms with Crippen molar-refractivity contribution in [2.24, 2.45) is 0 Å². The molecule has 0 bridgehead atoms. The maximum Gasteiger partial charge on any atom is 0.508 e. The number of halogens is 2. The van der Waals surface area contributed by atoms with Crippen LogP contribution in [0.3, 0.4) is 0 Å². The van der Waals surface area contributed by atoms with Gasteiger partial charge in [-0.2, -0.15) is 0 Å². The van der Waals surface area contributed by atoms with E-state index in [0.29, 0.717) is 5.69 Å². The normalized spacial score (nSPS) is 25.4. The first-order valence-corrected chi connectivity index (χ1v) is 11.9. The highest BCUT2D eigenvalue weighted by atomic mass is 19.1. The Morgan fingerprint density at radius 2 is 1.87 bits per heavy atom. The molecule has 1 aliphatic rings. The molecular weight excluding hydrogens is 514 g/mol. The monoisotopic (exact) mass is 546 g/mol. The zero-order chi connectivity index (χ0) is 28.4. The van der Waals surface area contributed by atoms with E-state index in [0.717, 1.165) is 12.1 Å². The van der Waals surface area contributed by atoms with Gasteiger partial charge in [0.1, 0.15) is 30.7 Å². The second kappa shape index (κ2) is 11.8. The minimum atomic E-state index is -2.98. The number of nitrogens with zero attached hydrogens (tertiary/aromatic N) is 2. The Morgan fingerprint density at radius 1 is 1.18 bits per heavy atom. The van der Waals surface area contributed by atoms with E-state index in [4.69, 9.17) is 18.9 Å². The van der Waals surface area contributed by atoms with Crippen molar-refractivity contribution < 1.29 is 57.7 Å². The average molecular weight is 547 g/mol. The standard InChI is InChI=1S/C24H32F2N2O10/c1-6-35-23(32)36-10-18-19(29)20(30)21(31)24(33,37-18)38-22-14(12(4)28(27-22)11(2)3)7-13-8-16(26)17(34-5)9-15(13)25/h8-9,11,18-21,29-31,33H,6-7,10H2,1-5H3/t18-,19-,20+,21-,24-/m1/s1. The van der Waals surface area contributed by atoms with Crippen LogP contribution >= 0.6 is 0 Å². The minimum Gasteiger partial charge on any atom is -0.494 e. The molecule has 0 radical (unpaired) electrons. The Labute approximate surface area is 217 Å². The molecule has 0 unspecified atom stereocenters. The lowest BCUT2D eigenvalue weighted by Crippen LogP contribution is -2.67. The molecule has 0 aliphatic carbocycles. The van der Waals surface area contributed by atoms with Gasteiger partial charge in [0, 0.05) is 29.8 Å². The summed E-state index contributed by atoms with van der Waals surface area (Å²) < 4.78 is 55.7. The molecule has 1 aromatic heterocycles. The molecule has 1 aromatic carbocycles. The zero-order valence-electron chi connectivity index (χ0n) is 21.6. The van der Waals surface area contributed by atoms with E-state index < -0.39 is 54.8 Å². The number of methoxy groups -OCH3 is 1. The Kier molecular flexibility index (Phi) is 9.15. The summed E-state index contributed by atoms with van der Waals surface area (Å²) in [6.45, 7) is 6.12. The van der Waals surface area contributed by atoms with Crippen LogP contribution in [0.2, 0.25) is 0 Å². The number of hydrogen-bond acceptors (Lipinski definition) is 11. The van der Waals surface area contributed by atoms with Gasteiger partial charge in [-0.05, 0) is 39.3 Å². The first-order valence-electron chi connectivity index (χ1n) is 11.9. The lowest BCUT2D eigenvalue weighted by atomic mass is 9.97. The van der Waals surface area contributed by atoms with Gasteiger partial charge in [-0.1, -0.05) is 0 Å². The highest BCUT2D eigenvalue weighted by Gasteiger charge is 2.56. The Hall–Kier alpha value is -3.04. The van der Waals surface area contributed by atoms with Crippen molar-refractivity contribution in [3.05, 3.63) is 40.6 Å². The van der Waals surface area contributed by atoms with E-state index in [1.54, 1.807) is 27.7 Å². The van der Waals surface area contributed by atoms with Crippen LogP contribution in [0.5, 0.6) is 11.6 Å². The number of rotatable bonds is 9. The first-order chi connectivity index (χ1) is 17.8. The molecule has 2 aromatic rings. The molecule has 2 heterocycles. The zero-order valence-corrected chi connectivity index (χ0v) is 21.6. The van der Waals surface area contributed by atoms with Gasteiger partial charge in [0.05, 0.1) is 13.7 Å². The van der Waals surface area contributed by atoms with Crippen molar-refractivity contribution in [2.75, 3.05) is 20.3 Å². The third kappa shape index (κ3) is 5.99. The summed E-state index contributed by atoms with van der Waals surface area (Å²) in [5.41, 5.74) is 0.612. The van der Waals surface area contributed by atoms with E-state index in [1.165, 1.54) is 11.8 Å². The molecule has 3 rings (SSSR count). The lowest BCUT2D eigenvalue weighted by Gasteiger charge is -2.44. The second-order valence-electron chi connectivity index (χ2n) is 8.97. The third-order valence-corrected chi connectivity index (χ3v) is 6.03. The molecule has 14 heteroatoms. The van der Waals surface area contributed by atoms with Gasteiger partial charge < -0.3 is 44.1 Å². The van der Waals surface area contributed by atoms with Gasteiger partial charge in [0.25, 0.3) is 0 Å². The summed E-state index contributed by atoms with van der Waals surface area (Å²) >= 11 is 0. The SMILES string of the molecule is CCOC(=O)OC[C@H]1O[C@@](O)(Oc2nn(C(C)C)c(C)c2Cc2cc(F)c(OC)cc2F)[C@H](O)[C@@H](O)[C@@H]1O. The van der Waals surface area contributed by atoms with Crippen LogP contribution in [-0.2, 0) is 20.6 Å². The van der Waals surface area contributed by atoms with E-state index in [9.17, 15) is 34.0 Å². The van der Waals surface area contributed by atoms with Gasteiger partial charge in [-0.3, -0.25) is 4.68 Å². The fourth-order valence-electron chi connectivity index (χ4n) is 4.01. The maximum absolute atomic E-state index is 14.7. The highest BCUT2D eigenvalue weighted by Crippen LogP contribution is 2.35. The molecule has 1 aliphatic heterocycles. The topological polar surface area (TPSA) is 162 Å². The molecule has 1 saturated heterocycles. The number of hydrogen-bond donors (Lipinski definition) is 4. The molecule has 0 amide bonds. The molecule has 4 N–H and O–H groups in total. The molecule has 1 fully saturated rings. The molecule has 12 nitrogen and oxygen atoms in total. The van der Waals surface area contributed by atoms with Crippen LogP contribution in [0.15, 0.2) is 12.1 Å². The van der Waals surface area contributed by atoms with E-state index in [-0.39, 0.29) is 41.8 Å². The smallest absolute Gasteiger partial charge is 0.494 e. The van der Waals surface area contributed by atoms with Crippen LogP contribution in [0.25, 0.3) is 0 Å². The van der Waals surface area contributed by atoms with Crippen molar-refractivity contribution in [3.63, 3.8) is 0 Å². The molecular formula is C24H32F2N2O10. The van der Waals surface area contributed by atoms with Crippen LogP contribution < -0.4 is 9.47 Å². The lowest BCUT2D eigenvalue weighted by molar-refractivity contribution is -0.423. The number of ether oxygens (including phenoxy) is 5. The highest BCUT2D eigenvalue weighted by molar-refractivity contribution is 5.59. The van der Waals surface area contributed by atoms with Crippen LogP contribution in [-0.4, -0.2) is 87.1 Å². The Morgan fingerprint density at radius 3 is 2.47 bits per heavy atom.